The number of aromatic nitrogens is 2. The lowest BCUT2D eigenvalue weighted by atomic mass is 10.2. The summed E-state index contributed by atoms with van der Waals surface area (Å²) >= 11 is 0. The number of nitrogens with zero attached hydrogens (tertiary/aromatic N) is 3. The van der Waals surface area contributed by atoms with Crippen molar-refractivity contribution >= 4 is 11.5 Å². The van der Waals surface area contributed by atoms with E-state index < -0.39 is 0 Å². The van der Waals surface area contributed by atoms with Crippen LogP contribution in [0.25, 0.3) is 0 Å². The summed E-state index contributed by atoms with van der Waals surface area (Å²) < 4.78 is 1.98. The van der Waals surface area contributed by atoms with Crippen LogP contribution in [0.3, 0.4) is 0 Å². The Morgan fingerprint density at radius 1 is 1.31 bits per heavy atom. The second-order valence-electron chi connectivity index (χ2n) is 4.27. The third kappa shape index (κ3) is 2.68. The maximum absolute atomic E-state index is 6.06. The smallest absolute Gasteiger partial charge is 0.150 e. The second kappa shape index (κ2) is 5.77. The fraction of sp³-hybridized carbons (Fsp3) is 0.750. The highest BCUT2D eigenvalue weighted by molar-refractivity contribution is 5.65. The quantitative estimate of drug-likeness (QED) is 0.755. The lowest BCUT2D eigenvalue weighted by molar-refractivity contribution is 0.628. The van der Waals surface area contributed by atoms with Crippen molar-refractivity contribution in [1.82, 2.24) is 9.78 Å². The first kappa shape index (κ1) is 12.9. The standard InChI is InChI=1S/C12H24N4/c1-5-7-8-9-15(4)12-11(13)10(3)14-16(12)6-2/h5-9,13H2,1-4H3. The van der Waals surface area contributed by atoms with E-state index in [1.54, 1.807) is 0 Å². The van der Waals surface area contributed by atoms with Gasteiger partial charge in [-0.15, -0.1) is 0 Å². The molecule has 4 heteroatoms. The number of nitrogen functional groups attached to an aromatic ring is 1. The van der Waals surface area contributed by atoms with Gasteiger partial charge in [0.2, 0.25) is 0 Å². The Balaban J connectivity index is 2.76. The third-order valence-corrected chi connectivity index (χ3v) is 2.90. The van der Waals surface area contributed by atoms with E-state index in [0.29, 0.717) is 0 Å². The molecular weight excluding hydrogens is 200 g/mol. The van der Waals surface area contributed by atoms with Crippen molar-refractivity contribution in [2.24, 2.45) is 0 Å². The van der Waals surface area contributed by atoms with Crippen LogP contribution in [0.2, 0.25) is 0 Å². The van der Waals surface area contributed by atoms with Crippen LogP contribution in [0.5, 0.6) is 0 Å². The molecule has 0 aliphatic rings. The molecule has 0 radical (unpaired) electrons. The molecule has 0 unspecified atom stereocenters. The SMILES string of the molecule is CCCCCN(C)c1c(N)c(C)nn1CC. The molecule has 2 N–H and O–H groups in total. The summed E-state index contributed by atoms with van der Waals surface area (Å²) in [6, 6.07) is 0. The molecule has 0 aliphatic heterocycles. The van der Waals surface area contributed by atoms with Crippen LogP contribution in [-0.2, 0) is 6.54 Å². The van der Waals surface area contributed by atoms with Crippen molar-refractivity contribution in [2.75, 3.05) is 24.2 Å². The van der Waals surface area contributed by atoms with Crippen LogP contribution in [0, 0.1) is 6.92 Å². The fourth-order valence-electron chi connectivity index (χ4n) is 1.91. The highest BCUT2D eigenvalue weighted by Crippen LogP contribution is 2.25. The van der Waals surface area contributed by atoms with Crippen molar-refractivity contribution in [3.63, 3.8) is 0 Å². The average molecular weight is 224 g/mol. The van der Waals surface area contributed by atoms with Gasteiger partial charge in [0.15, 0.2) is 0 Å². The molecule has 1 rings (SSSR count). The minimum atomic E-state index is 0.820. The Kier molecular flexibility index (Phi) is 4.65. The molecule has 0 saturated carbocycles. The molecule has 0 amide bonds. The number of unbranched alkanes of at least 4 members (excludes halogenated alkanes) is 2. The molecule has 16 heavy (non-hydrogen) atoms. The summed E-state index contributed by atoms with van der Waals surface area (Å²) in [5, 5.41) is 4.43. The first-order valence-corrected chi connectivity index (χ1v) is 6.15. The monoisotopic (exact) mass is 224 g/mol. The molecule has 0 bridgehead atoms. The zero-order valence-electron chi connectivity index (χ0n) is 11.0. The lowest BCUT2D eigenvalue weighted by Gasteiger charge is -2.20. The van der Waals surface area contributed by atoms with Gasteiger partial charge in [0.05, 0.1) is 11.4 Å². The zero-order chi connectivity index (χ0) is 12.1. The molecule has 4 nitrogen and oxygen atoms in total. The van der Waals surface area contributed by atoms with E-state index in [1.165, 1.54) is 19.3 Å². The van der Waals surface area contributed by atoms with E-state index >= 15 is 0 Å². The summed E-state index contributed by atoms with van der Waals surface area (Å²) in [7, 11) is 2.09. The Labute approximate surface area is 98.4 Å². The summed E-state index contributed by atoms with van der Waals surface area (Å²) in [4.78, 5) is 2.22. The van der Waals surface area contributed by atoms with Gasteiger partial charge in [-0.05, 0) is 20.3 Å². The maximum Gasteiger partial charge on any atom is 0.150 e. The summed E-state index contributed by atoms with van der Waals surface area (Å²) in [6.07, 6.45) is 3.72. The van der Waals surface area contributed by atoms with E-state index in [0.717, 1.165) is 30.3 Å². The first-order valence-electron chi connectivity index (χ1n) is 6.15. The molecule has 92 valence electrons. The molecule has 0 atom stereocenters. The Hall–Kier alpha value is -1.19. The van der Waals surface area contributed by atoms with Gasteiger partial charge in [0, 0.05) is 20.1 Å². The fourth-order valence-corrected chi connectivity index (χ4v) is 1.91. The van der Waals surface area contributed by atoms with Gasteiger partial charge in [-0.1, -0.05) is 19.8 Å². The van der Waals surface area contributed by atoms with Gasteiger partial charge in [0.1, 0.15) is 5.82 Å². The van der Waals surface area contributed by atoms with Crippen molar-refractivity contribution in [3.05, 3.63) is 5.69 Å². The molecule has 0 fully saturated rings. The molecule has 1 heterocycles. The number of hydrogen-bond donors (Lipinski definition) is 1. The summed E-state index contributed by atoms with van der Waals surface area (Å²) in [5.74, 6) is 1.07. The first-order chi connectivity index (χ1) is 7.61. The summed E-state index contributed by atoms with van der Waals surface area (Å²) in [5.41, 5.74) is 7.81. The van der Waals surface area contributed by atoms with Crippen LogP contribution in [-0.4, -0.2) is 23.4 Å². The predicted molar refractivity (Wildman–Crippen MR) is 69.8 cm³/mol. The minimum absolute atomic E-state index is 0.820. The molecule has 1 aromatic rings. The number of nitrogens with two attached hydrogens (primary N) is 1. The van der Waals surface area contributed by atoms with Crippen LogP contribution in [0.15, 0.2) is 0 Å². The second-order valence-corrected chi connectivity index (χ2v) is 4.27. The van der Waals surface area contributed by atoms with Crippen LogP contribution < -0.4 is 10.6 Å². The van der Waals surface area contributed by atoms with Gasteiger partial charge in [-0.25, -0.2) is 4.68 Å². The van der Waals surface area contributed by atoms with Gasteiger partial charge < -0.3 is 10.6 Å². The van der Waals surface area contributed by atoms with Crippen LogP contribution >= 0.6 is 0 Å². The van der Waals surface area contributed by atoms with Crippen molar-refractivity contribution in [2.45, 2.75) is 46.6 Å². The maximum atomic E-state index is 6.06. The number of rotatable bonds is 6. The lowest BCUT2D eigenvalue weighted by Crippen LogP contribution is -2.22. The normalized spacial score (nSPS) is 10.8. The van der Waals surface area contributed by atoms with Gasteiger partial charge in [-0.2, -0.15) is 5.10 Å². The molecule has 1 aromatic heterocycles. The zero-order valence-corrected chi connectivity index (χ0v) is 11.0. The Bertz CT molecular complexity index is 330. The van der Waals surface area contributed by atoms with Gasteiger partial charge in [0.25, 0.3) is 0 Å². The van der Waals surface area contributed by atoms with Crippen LogP contribution in [0.1, 0.15) is 38.8 Å². The molecular formula is C12H24N4. The number of anilines is 2. The molecule has 0 saturated heterocycles. The number of hydrogen-bond acceptors (Lipinski definition) is 3. The topological polar surface area (TPSA) is 47.1 Å². The third-order valence-electron chi connectivity index (χ3n) is 2.90. The van der Waals surface area contributed by atoms with E-state index in [2.05, 4.69) is 30.9 Å². The minimum Gasteiger partial charge on any atom is -0.394 e. The van der Waals surface area contributed by atoms with Gasteiger partial charge in [-0.3, -0.25) is 0 Å². The Morgan fingerprint density at radius 3 is 2.56 bits per heavy atom. The predicted octanol–water partition coefficient (Wildman–Crippen LogP) is 2.42. The van der Waals surface area contributed by atoms with Gasteiger partial charge >= 0.3 is 0 Å². The van der Waals surface area contributed by atoms with E-state index in [1.807, 2.05) is 11.6 Å². The van der Waals surface area contributed by atoms with Crippen molar-refractivity contribution in [3.8, 4) is 0 Å². The largest absolute Gasteiger partial charge is 0.394 e. The summed E-state index contributed by atoms with van der Waals surface area (Å²) in [6.45, 7) is 8.18. The average Bonchev–Trinajstić information content (AvgIpc) is 2.55. The highest BCUT2D eigenvalue weighted by Gasteiger charge is 2.14. The van der Waals surface area contributed by atoms with E-state index in [9.17, 15) is 0 Å². The molecule has 0 aromatic carbocycles. The van der Waals surface area contributed by atoms with E-state index in [4.69, 9.17) is 5.73 Å². The molecule has 0 aliphatic carbocycles. The van der Waals surface area contributed by atoms with E-state index in [-0.39, 0.29) is 0 Å². The highest BCUT2D eigenvalue weighted by atomic mass is 15.4. The van der Waals surface area contributed by atoms with Crippen molar-refractivity contribution in [1.29, 1.82) is 0 Å². The Morgan fingerprint density at radius 2 is 2.00 bits per heavy atom. The number of aryl methyl sites for hydroxylation is 2. The van der Waals surface area contributed by atoms with Crippen LogP contribution in [0.4, 0.5) is 11.5 Å². The van der Waals surface area contributed by atoms with Crippen molar-refractivity contribution < 1.29 is 0 Å². The molecule has 0 spiro atoms.